The van der Waals surface area contributed by atoms with E-state index in [-0.39, 0.29) is 0 Å². The van der Waals surface area contributed by atoms with Crippen LogP contribution in [0.5, 0.6) is 5.75 Å². The van der Waals surface area contributed by atoms with Gasteiger partial charge in [-0.1, -0.05) is 0 Å². The maximum absolute atomic E-state index is 5.82. The third-order valence-corrected chi connectivity index (χ3v) is 3.27. The number of hydrogen-bond donors (Lipinski definition) is 1. The molecule has 0 amide bonds. The first kappa shape index (κ1) is 10.2. The fourth-order valence-corrected chi connectivity index (χ4v) is 2.39. The molecule has 1 aromatic heterocycles. The number of nitrogens with two attached hydrogens (primary N) is 1. The maximum Gasteiger partial charge on any atom is 0.200 e. The average molecular weight is 229 g/mol. The van der Waals surface area contributed by atoms with Crippen LogP contribution in [0.4, 0.5) is 5.95 Å². The summed E-state index contributed by atoms with van der Waals surface area (Å²) in [5.74, 6) is 1.55. The SMILES string of the molecule is Cc1nc(N)n(C)c1-c1ccc2c(c1)CCO2. The number of benzene rings is 1. The molecule has 0 unspecified atom stereocenters. The number of imidazole rings is 1. The molecule has 0 radical (unpaired) electrons. The van der Waals surface area contributed by atoms with Gasteiger partial charge < -0.3 is 15.0 Å². The monoisotopic (exact) mass is 229 g/mol. The summed E-state index contributed by atoms with van der Waals surface area (Å²) < 4.78 is 7.43. The van der Waals surface area contributed by atoms with Gasteiger partial charge in [-0.2, -0.15) is 0 Å². The van der Waals surface area contributed by atoms with Crippen LogP contribution in [0.2, 0.25) is 0 Å². The molecule has 0 fully saturated rings. The van der Waals surface area contributed by atoms with Gasteiger partial charge in [0.15, 0.2) is 0 Å². The smallest absolute Gasteiger partial charge is 0.200 e. The molecule has 0 spiro atoms. The Bertz CT molecular complexity index is 587. The highest BCUT2D eigenvalue weighted by atomic mass is 16.5. The molecule has 2 aromatic rings. The molecule has 0 saturated carbocycles. The highest BCUT2D eigenvalue weighted by molar-refractivity contribution is 5.67. The number of aromatic nitrogens is 2. The lowest BCUT2D eigenvalue weighted by molar-refractivity contribution is 0.357. The molecule has 2 heterocycles. The number of nitrogens with zero attached hydrogens (tertiary/aromatic N) is 2. The van der Waals surface area contributed by atoms with E-state index in [0.29, 0.717) is 5.95 Å². The normalized spacial score (nSPS) is 13.5. The Labute approximate surface area is 100 Å². The van der Waals surface area contributed by atoms with Crippen LogP contribution >= 0.6 is 0 Å². The summed E-state index contributed by atoms with van der Waals surface area (Å²) in [4.78, 5) is 4.29. The summed E-state index contributed by atoms with van der Waals surface area (Å²) in [7, 11) is 1.94. The standard InChI is InChI=1S/C13H15N3O/c1-8-12(16(2)13(14)15-8)10-3-4-11-9(7-10)5-6-17-11/h3-4,7H,5-6H2,1-2H3,(H2,14,15). The Morgan fingerprint density at radius 2 is 2.24 bits per heavy atom. The first-order valence-electron chi connectivity index (χ1n) is 5.71. The lowest BCUT2D eigenvalue weighted by atomic mass is 10.1. The molecular formula is C13H15N3O. The minimum absolute atomic E-state index is 0.550. The summed E-state index contributed by atoms with van der Waals surface area (Å²) in [6.07, 6.45) is 0.982. The topological polar surface area (TPSA) is 53.1 Å². The summed E-state index contributed by atoms with van der Waals surface area (Å²) >= 11 is 0. The van der Waals surface area contributed by atoms with E-state index < -0.39 is 0 Å². The number of aryl methyl sites for hydroxylation is 1. The number of fused-ring (bicyclic) bond motifs is 1. The first-order valence-corrected chi connectivity index (χ1v) is 5.71. The van der Waals surface area contributed by atoms with Gasteiger partial charge in [0.25, 0.3) is 0 Å². The maximum atomic E-state index is 5.82. The van der Waals surface area contributed by atoms with Gasteiger partial charge in [0.05, 0.1) is 18.0 Å². The highest BCUT2D eigenvalue weighted by Crippen LogP contribution is 2.32. The lowest BCUT2D eigenvalue weighted by Gasteiger charge is -2.07. The van der Waals surface area contributed by atoms with Crippen molar-refractivity contribution in [3.05, 3.63) is 29.5 Å². The van der Waals surface area contributed by atoms with Crippen molar-refractivity contribution in [3.8, 4) is 17.0 Å². The van der Waals surface area contributed by atoms with E-state index in [9.17, 15) is 0 Å². The molecule has 4 nitrogen and oxygen atoms in total. The Balaban J connectivity index is 2.15. The molecule has 1 aliphatic rings. The van der Waals surface area contributed by atoms with Crippen LogP contribution in [0.1, 0.15) is 11.3 Å². The zero-order valence-electron chi connectivity index (χ0n) is 10.0. The second-order valence-corrected chi connectivity index (χ2v) is 4.38. The molecule has 17 heavy (non-hydrogen) atoms. The Morgan fingerprint density at radius 3 is 2.94 bits per heavy atom. The molecule has 0 atom stereocenters. The minimum Gasteiger partial charge on any atom is -0.493 e. The molecule has 0 saturated heterocycles. The largest absolute Gasteiger partial charge is 0.493 e. The van der Waals surface area contributed by atoms with Crippen molar-refractivity contribution in [3.63, 3.8) is 0 Å². The van der Waals surface area contributed by atoms with Crippen LogP contribution < -0.4 is 10.5 Å². The number of hydrogen-bond acceptors (Lipinski definition) is 3. The van der Waals surface area contributed by atoms with Gasteiger partial charge in [0.1, 0.15) is 5.75 Å². The molecule has 1 aliphatic heterocycles. The van der Waals surface area contributed by atoms with Crippen LogP contribution in [-0.4, -0.2) is 16.2 Å². The second kappa shape index (κ2) is 3.52. The molecule has 88 valence electrons. The zero-order valence-corrected chi connectivity index (χ0v) is 10.0. The van der Waals surface area contributed by atoms with E-state index in [1.807, 2.05) is 24.6 Å². The van der Waals surface area contributed by atoms with E-state index in [4.69, 9.17) is 10.5 Å². The lowest BCUT2D eigenvalue weighted by Crippen LogP contribution is -1.98. The number of anilines is 1. The van der Waals surface area contributed by atoms with Gasteiger partial charge in [-0.15, -0.1) is 0 Å². The van der Waals surface area contributed by atoms with E-state index in [0.717, 1.165) is 35.7 Å². The van der Waals surface area contributed by atoms with Gasteiger partial charge in [-0.25, -0.2) is 4.98 Å². The molecule has 1 aromatic carbocycles. The first-order chi connectivity index (χ1) is 8.16. The number of rotatable bonds is 1. The molecule has 3 rings (SSSR count). The van der Waals surface area contributed by atoms with Crippen LogP contribution in [0, 0.1) is 6.92 Å². The Hall–Kier alpha value is -1.97. The molecule has 2 N–H and O–H groups in total. The van der Waals surface area contributed by atoms with E-state index in [1.165, 1.54) is 5.56 Å². The van der Waals surface area contributed by atoms with E-state index >= 15 is 0 Å². The third-order valence-electron chi connectivity index (χ3n) is 3.27. The Morgan fingerprint density at radius 1 is 1.41 bits per heavy atom. The van der Waals surface area contributed by atoms with Crippen LogP contribution in [0.25, 0.3) is 11.3 Å². The van der Waals surface area contributed by atoms with E-state index in [1.54, 1.807) is 0 Å². The highest BCUT2D eigenvalue weighted by Gasteiger charge is 2.16. The predicted octanol–water partition coefficient (Wildman–Crippen LogP) is 1.91. The van der Waals surface area contributed by atoms with Crippen LogP contribution in [0.3, 0.4) is 0 Å². The molecule has 0 aliphatic carbocycles. The van der Waals surface area contributed by atoms with Crippen molar-refractivity contribution in [2.45, 2.75) is 13.3 Å². The summed E-state index contributed by atoms with van der Waals surface area (Å²) in [5, 5.41) is 0. The van der Waals surface area contributed by atoms with Gasteiger partial charge >= 0.3 is 0 Å². The number of ether oxygens (including phenoxy) is 1. The fourth-order valence-electron chi connectivity index (χ4n) is 2.39. The van der Waals surface area contributed by atoms with E-state index in [2.05, 4.69) is 17.1 Å². The van der Waals surface area contributed by atoms with Crippen molar-refractivity contribution >= 4 is 5.95 Å². The second-order valence-electron chi connectivity index (χ2n) is 4.38. The van der Waals surface area contributed by atoms with Gasteiger partial charge in [0, 0.05) is 19.0 Å². The zero-order chi connectivity index (χ0) is 12.0. The van der Waals surface area contributed by atoms with Crippen molar-refractivity contribution in [2.75, 3.05) is 12.3 Å². The summed E-state index contributed by atoms with van der Waals surface area (Å²) in [6, 6.07) is 6.26. The van der Waals surface area contributed by atoms with Gasteiger partial charge in [-0.05, 0) is 30.7 Å². The Kier molecular flexibility index (Phi) is 2.11. The van der Waals surface area contributed by atoms with Gasteiger partial charge in [-0.3, -0.25) is 0 Å². The van der Waals surface area contributed by atoms with Crippen molar-refractivity contribution < 1.29 is 4.74 Å². The average Bonchev–Trinajstić information content (AvgIpc) is 2.84. The van der Waals surface area contributed by atoms with Crippen molar-refractivity contribution in [1.29, 1.82) is 0 Å². The third kappa shape index (κ3) is 1.48. The van der Waals surface area contributed by atoms with Crippen LogP contribution in [0.15, 0.2) is 18.2 Å². The molecule has 0 bridgehead atoms. The minimum atomic E-state index is 0.550. The summed E-state index contributed by atoms with van der Waals surface area (Å²) in [5.41, 5.74) is 10.3. The predicted molar refractivity (Wildman–Crippen MR) is 67.0 cm³/mol. The molecule has 4 heteroatoms. The molecular weight excluding hydrogens is 214 g/mol. The number of nitrogen functional groups attached to an aromatic ring is 1. The summed E-state index contributed by atoms with van der Waals surface area (Å²) in [6.45, 7) is 2.76. The van der Waals surface area contributed by atoms with Crippen molar-refractivity contribution in [2.24, 2.45) is 7.05 Å². The van der Waals surface area contributed by atoms with Gasteiger partial charge in [0.2, 0.25) is 5.95 Å². The van der Waals surface area contributed by atoms with Crippen molar-refractivity contribution in [1.82, 2.24) is 9.55 Å². The van der Waals surface area contributed by atoms with Crippen LogP contribution in [-0.2, 0) is 13.5 Å². The quantitative estimate of drug-likeness (QED) is 0.812. The fraction of sp³-hybridized carbons (Fsp3) is 0.308.